The van der Waals surface area contributed by atoms with Crippen molar-refractivity contribution in [1.82, 2.24) is 4.98 Å². The zero-order valence-electron chi connectivity index (χ0n) is 16.2. The van der Waals surface area contributed by atoms with Gasteiger partial charge in [0, 0.05) is 10.9 Å². The number of carbonyl (C=O) groups excluding carboxylic acids is 1. The number of benzene rings is 1. The fraction of sp³-hybridized carbons (Fsp3) is 0.286. The molecule has 29 heavy (non-hydrogen) atoms. The van der Waals surface area contributed by atoms with Crippen LogP contribution in [-0.2, 0) is 14.3 Å². The van der Waals surface area contributed by atoms with E-state index >= 15 is 0 Å². The molecule has 6 nitrogen and oxygen atoms in total. The molecule has 0 unspecified atom stereocenters. The summed E-state index contributed by atoms with van der Waals surface area (Å²) in [5, 5.41) is 10.7. The smallest absolute Gasteiger partial charge is 0.338 e. The van der Waals surface area contributed by atoms with Gasteiger partial charge in [0.1, 0.15) is 22.6 Å². The molecule has 0 spiro atoms. The lowest BCUT2D eigenvalue weighted by molar-refractivity contribution is -0.139. The Morgan fingerprint density at radius 2 is 2.14 bits per heavy atom. The summed E-state index contributed by atoms with van der Waals surface area (Å²) < 4.78 is 10.6. The number of carbonyl (C=O) groups is 1. The molecule has 1 aliphatic heterocycles. The molecule has 0 fully saturated rings. The molecule has 2 N–H and O–H groups in total. The summed E-state index contributed by atoms with van der Waals surface area (Å²) in [6.07, 6.45) is 0. The van der Waals surface area contributed by atoms with Gasteiger partial charge in [-0.1, -0.05) is 23.7 Å². The van der Waals surface area contributed by atoms with Gasteiger partial charge in [0.15, 0.2) is 0 Å². The van der Waals surface area contributed by atoms with Gasteiger partial charge in [0.05, 0.1) is 29.5 Å². The highest BCUT2D eigenvalue weighted by atomic mass is 35.5. The van der Waals surface area contributed by atoms with Gasteiger partial charge in [-0.05, 0) is 38.0 Å². The van der Waals surface area contributed by atoms with E-state index in [1.807, 2.05) is 38.1 Å². The molecule has 1 aliphatic rings. The molecule has 2 heterocycles. The summed E-state index contributed by atoms with van der Waals surface area (Å²) in [5.74, 6) is -1.67. The lowest BCUT2D eigenvalue weighted by atomic mass is 9.83. The largest absolute Gasteiger partial charge is 0.463 e. The summed E-state index contributed by atoms with van der Waals surface area (Å²) in [6, 6.07) is 7.73. The van der Waals surface area contributed by atoms with Crippen molar-refractivity contribution in [3.8, 4) is 6.07 Å². The second-order valence-electron chi connectivity index (χ2n) is 6.56. The van der Waals surface area contributed by atoms with Gasteiger partial charge in [0.25, 0.3) is 0 Å². The van der Waals surface area contributed by atoms with Crippen molar-refractivity contribution in [2.75, 3.05) is 12.5 Å². The lowest BCUT2D eigenvalue weighted by Crippen LogP contribution is -2.27. The molecule has 0 aliphatic carbocycles. The molecule has 1 atom stereocenters. The summed E-state index contributed by atoms with van der Waals surface area (Å²) in [4.78, 5) is 17.3. The monoisotopic (exact) mass is 431 g/mol. The number of allylic oxidation sites excluding steroid dienone is 2. The summed E-state index contributed by atoms with van der Waals surface area (Å²) in [6.45, 7) is 5.78. The second-order valence-corrected chi connectivity index (χ2v) is 7.19. The number of nitriles is 1. The summed E-state index contributed by atoms with van der Waals surface area (Å²) in [7, 11) is 0. The number of nitrogens with zero attached hydrogens (tertiary/aromatic N) is 2. The molecule has 8 heteroatoms. The van der Waals surface area contributed by atoms with E-state index < -0.39 is 11.9 Å². The Morgan fingerprint density at radius 3 is 2.76 bits per heavy atom. The number of esters is 1. The maximum atomic E-state index is 12.7. The Labute approximate surface area is 178 Å². The van der Waals surface area contributed by atoms with E-state index in [1.165, 1.54) is 0 Å². The molecule has 0 amide bonds. The van der Waals surface area contributed by atoms with Gasteiger partial charge in [-0.15, -0.1) is 11.6 Å². The molecule has 1 aromatic heterocycles. The number of halogens is 2. The van der Waals surface area contributed by atoms with Crippen LogP contribution in [0.3, 0.4) is 0 Å². The molecule has 0 bridgehead atoms. The Hall–Kier alpha value is -2.75. The fourth-order valence-electron chi connectivity index (χ4n) is 3.34. The zero-order chi connectivity index (χ0) is 21.3. The van der Waals surface area contributed by atoms with Gasteiger partial charge in [0.2, 0.25) is 5.88 Å². The molecule has 0 saturated carbocycles. The van der Waals surface area contributed by atoms with Crippen LogP contribution in [-0.4, -0.2) is 23.4 Å². The van der Waals surface area contributed by atoms with Crippen molar-refractivity contribution in [2.24, 2.45) is 5.73 Å². The lowest BCUT2D eigenvalue weighted by Gasteiger charge is -2.28. The number of ether oxygens (including phenoxy) is 2. The van der Waals surface area contributed by atoms with Crippen LogP contribution >= 0.6 is 23.2 Å². The standard InChI is InChI=1S/C21H19Cl2N3O3/c1-4-28-21(27)17-15(8-22)29-20(25)14(9-24)16(17)13-7-12-6-5-10(2)11(3)18(12)26-19(13)23/h5-7,16H,4,8,25H2,1-3H3/t16-/m0/s1. The van der Waals surface area contributed by atoms with Crippen LogP contribution in [0.2, 0.25) is 5.15 Å². The number of rotatable bonds is 4. The Kier molecular flexibility index (Phi) is 6.02. The van der Waals surface area contributed by atoms with E-state index in [2.05, 4.69) is 4.98 Å². The van der Waals surface area contributed by atoms with Crippen molar-refractivity contribution in [1.29, 1.82) is 5.26 Å². The number of pyridine rings is 1. The van der Waals surface area contributed by atoms with Crippen LogP contribution in [0.15, 0.2) is 41.0 Å². The quantitative estimate of drug-likeness (QED) is 0.438. The number of alkyl halides is 1. The van der Waals surface area contributed by atoms with Crippen molar-refractivity contribution in [3.63, 3.8) is 0 Å². The minimum absolute atomic E-state index is 0.0498. The number of nitrogens with two attached hydrogens (primary N) is 1. The van der Waals surface area contributed by atoms with Crippen LogP contribution in [0, 0.1) is 25.2 Å². The highest BCUT2D eigenvalue weighted by Crippen LogP contribution is 2.43. The predicted molar refractivity (Wildman–Crippen MR) is 111 cm³/mol. The number of fused-ring (bicyclic) bond motifs is 1. The van der Waals surface area contributed by atoms with Crippen molar-refractivity contribution in [2.45, 2.75) is 26.7 Å². The van der Waals surface area contributed by atoms with E-state index in [0.717, 1.165) is 22.0 Å². The predicted octanol–water partition coefficient (Wildman–Crippen LogP) is 4.37. The van der Waals surface area contributed by atoms with Crippen LogP contribution in [0.5, 0.6) is 0 Å². The summed E-state index contributed by atoms with van der Waals surface area (Å²) in [5.41, 5.74) is 9.39. The third kappa shape index (κ3) is 3.64. The molecule has 150 valence electrons. The first kappa shape index (κ1) is 21.0. The number of hydrogen-bond donors (Lipinski definition) is 1. The molecule has 3 rings (SSSR count). The average Bonchev–Trinajstić information content (AvgIpc) is 2.70. The molecular weight excluding hydrogens is 413 g/mol. The summed E-state index contributed by atoms with van der Waals surface area (Å²) >= 11 is 12.5. The van der Waals surface area contributed by atoms with Crippen LogP contribution in [0.25, 0.3) is 10.9 Å². The van der Waals surface area contributed by atoms with Gasteiger partial charge >= 0.3 is 5.97 Å². The minimum Gasteiger partial charge on any atom is -0.463 e. The van der Waals surface area contributed by atoms with Crippen molar-refractivity contribution < 1.29 is 14.3 Å². The van der Waals surface area contributed by atoms with Gasteiger partial charge in [-0.3, -0.25) is 0 Å². The average molecular weight is 432 g/mol. The highest BCUT2D eigenvalue weighted by molar-refractivity contribution is 6.31. The van der Waals surface area contributed by atoms with E-state index in [9.17, 15) is 10.1 Å². The first-order valence-corrected chi connectivity index (χ1v) is 9.85. The van der Waals surface area contributed by atoms with E-state index in [4.69, 9.17) is 38.4 Å². The van der Waals surface area contributed by atoms with E-state index in [-0.39, 0.29) is 40.4 Å². The third-order valence-electron chi connectivity index (χ3n) is 4.92. The van der Waals surface area contributed by atoms with Crippen molar-refractivity contribution in [3.05, 3.63) is 62.8 Å². The van der Waals surface area contributed by atoms with Crippen LogP contribution in [0.1, 0.15) is 29.5 Å². The normalized spacial score (nSPS) is 16.6. The second kappa shape index (κ2) is 8.32. The molecular formula is C21H19Cl2N3O3. The molecule has 2 aromatic rings. The topological polar surface area (TPSA) is 98.2 Å². The number of aryl methyl sites for hydroxylation is 2. The first-order chi connectivity index (χ1) is 13.8. The number of aromatic nitrogens is 1. The van der Waals surface area contributed by atoms with Gasteiger partial charge in [-0.2, -0.15) is 5.26 Å². The van der Waals surface area contributed by atoms with Crippen molar-refractivity contribution >= 4 is 40.1 Å². The number of hydrogen-bond acceptors (Lipinski definition) is 6. The fourth-order valence-corrected chi connectivity index (χ4v) is 3.79. The minimum atomic E-state index is -0.896. The maximum Gasteiger partial charge on any atom is 0.338 e. The zero-order valence-corrected chi connectivity index (χ0v) is 17.7. The Morgan fingerprint density at radius 1 is 1.41 bits per heavy atom. The first-order valence-electron chi connectivity index (χ1n) is 8.94. The molecule has 0 radical (unpaired) electrons. The maximum absolute atomic E-state index is 12.7. The van der Waals surface area contributed by atoms with Gasteiger partial charge in [-0.25, -0.2) is 9.78 Å². The van der Waals surface area contributed by atoms with E-state index in [1.54, 1.807) is 6.92 Å². The third-order valence-corrected chi connectivity index (χ3v) is 5.46. The Balaban J connectivity index is 2.31. The Bertz CT molecular complexity index is 1120. The molecule has 1 aromatic carbocycles. The van der Waals surface area contributed by atoms with Crippen LogP contribution < -0.4 is 5.73 Å². The highest BCUT2D eigenvalue weighted by Gasteiger charge is 2.38. The van der Waals surface area contributed by atoms with E-state index in [0.29, 0.717) is 5.56 Å². The molecule has 0 saturated heterocycles. The van der Waals surface area contributed by atoms with Crippen LogP contribution in [0.4, 0.5) is 0 Å². The SMILES string of the molecule is CCOC(=O)C1=C(CCl)OC(N)=C(C#N)[C@@H]1c1cc2ccc(C)c(C)c2nc1Cl. The van der Waals surface area contributed by atoms with Gasteiger partial charge < -0.3 is 15.2 Å².